The van der Waals surface area contributed by atoms with Gasteiger partial charge in [-0.25, -0.2) is 0 Å². The largest absolute Gasteiger partial charge is 0.481 e. The van der Waals surface area contributed by atoms with Crippen molar-refractivity contribution in [2.45, 2.75) is 18.7 Å². The molecule has 48 valence electrons. The molecule has 3 nitrogen and oxygen atoms in total. The predicted molar refractivity (Wildman–Crippen MR) is 32.6 cm³/mol. The number of aliphatic hydroxyl groups is 1. The van der Waals surface area contributed by atoms with Crippen LogP contribution in [0.4, 0.5) is 0 Å². The average molecular weight is 136 g/mol. The van der Waals surface area contributed by atoms with E-state index in [1.807, 2.05) is 9.24 Å². The molecular weight excluding hydrogens is 127 g/mol. The third-order valence-electron chi connectivity index (χ3n) is 0.509. The number of carbonyl (C=O) groups is 1. The smallest absolute Gasteiger partial charge is 0.306 e. The van der Waals surface area contributed by atoms with Gasteiger partial charge in [0.15, 0.2) is 0 Å². The number of rotatable bonds is 2. The molecule has 2 N–H and O–H groups in total. The van der Waals surface area contributed by atoms with Crippen LogP contribution in [0.25, 0.3) is 0 Å². The van der Waals surface area contributed by atoms with E-state index in [-0.39, 0.29) is 6.42 Å². The molecule has 4 heteroatoms. The van der Waals surface area contributed by atoms with Gasteiger partial charge in [0, 0.05) is 0 Å². The van der Waals surface area contributed by atoms with Gasteiger partial charge in [-0.15, -0.1) is 9.24 Å². The maximum Gasteiger partial charge on any atom is 0.306 e. The van der Waals surface area contributed by atoms with Crippen LogP contribution >= 0.6 is 9.24 Å². The summed E-state index contributed by atoms with van der Waals surface area (Å²) in [5.74, 6) is -0.995. The topological polar surface area (TPSA) is 57.5 Å². The SMILES string of the molecule is CC(O)(P)CC(=O)O. The van der Waals surface area contributed by atoms with E-state index in [0.29, 0.717) is 0 Å². The normalized spacial score (nSPS) is 17.4. The number of hydrogen-bond donors (Lipinski definition) is 2. The van der Waals surface area contributed by atoms with E-state index < -0.39 is 11.3 Å². The second-order valence-electron chi connectivity index (χ2n) is 1.93. The first-order valence-corrected chi connectivity index (χ1v) is 2.72. The summed E-state index contributed by atoms with van der Waals surface area (Å²) in [6.45, 7) is 1.42. The first-order valence-electron chi connectivity index (χ1n) is 2.15. The quantitative estimate of drug-likeness (QED) is 0.527. The van der Waals surface area contributed by atoms with Crippen molar-refractivity contribution in [3.8, 4) is 0 Å². The van der Waals surface area contributed by atoms with Crippen LogP contribution in [0, 0.1) is 0 Å². The van der Waals surface area contributed by atoms with Crippen molar-refractivity contribution in [2.24, 2.45) is 0 Å². The molecule has 0 aromatic heterocycles. The van der Waals surface area contributed by atoms with Crippen LogP contribution in [-0.2, 0) is 4.79 Å². The molecule has 0 rings (SSSR count). The average Bonchev–Trinajstić information content (AvgIpc) is 1.21. The summed E-state index contributed by atoms with van der Waals surface area (Å²) in [4.78, 5) is 9.84. The number of hydrogen-bond acceptors (Lipinski definition) is 2. The summed E-state index contributed by atoms with van der Waals surface area (Å²) in [5.41, 5.74) is 0. The fraction of sp³-hybridized carbons (Fsp3) is 0.750. The fourth-order valence-corrected chi connectivity index (χ4v) is 0.481. The van der Waals surface area contributed by atoms with Gasteiger partial charge in [0.1, 0.15) is 0 Å². The Morgan fingerprint density at radius 2 is 2.25 bits per heavy atom. The molecule has 2 unspecified atom stereocenters. The number of carboxylic acids is 1. The van der Waals surface area contributed by atoms with E-state index in [4.69, 9.17) is 10.2 Å². The molecule has 0 radical (unpaired) electrons. The first-order chi connectivity index (χ1) is 3.42. The van der Waals surface area contributed by atoms with E-state index in [9.17, 15) is 4.79 Å². The van der Waals surface area contributed by atoms with E-state index in [0.717, 1.165) is 0 Å². The highest BCUT2D eigenvalue weighted by molar-refractivity contribution is 7.18. The second-order valence-corrected chi connectivity index (χ2v) is 3.17. The van der Waals surface area contributed by atoms with Crippen LogP contribution in [0.1, 0.15) is 13.3 Å². The highest BCUT2D eigenvalue weighted by Crippen LogP contribution is 2.16. The lowest BCUT2D eigenvalue weighted by Crippen LogP contribution is -2.18. The van der Waals surface area contributed by atoms with Crippen LogP contribution in [0.3, 0.4) is 0 Å². The zero-order chi connectivity index (χ0) is 6.78. The monoisotopic (exact) mass is 136 g/mol. The minimum absolute atomic E-state index is 0.238. The van der Waals surface area contributed by atoms with E-state index in [1.54, 1.807) is 0 Å². The molecule has 0 saturated heterocycles. The number of aliphatic carboxylic acids is 1. The lowest BCUT2D eigenvalue weighted by atomic mass is 10.3. The van der Waals surface area contributed by atoms with Gasteiger partial charge < -0.3 is 10.2 Å². The lowest BCUT2D eigenvalue weighted by Gasteiger charge is -2.11. The lowest BCUT2D eigenvalue weighted by molar-refractivity contribution is -0.139. The van der Waals surface area contributed by atoms with Crippen LogP contribution in [-0.4, -0.2) is 21.5 Å². The third kappa shape index (κ3) is 5.86. The van der Waals surface area contributed by atoms with Crippen LogP contribution in [0.15, 0.2) is 0 Å². The van der Waals surface area contributed by atoms with Gasteiger partial charge in [0.05, 0.1) is 11.8 Å². The molecule has 0 aromatic carbocycles. The molecule has 0 saturated carbocycles. The Kier molecular flexibility index (Phi) is 2.38. The standard InChI is InChI=1S/C4H9O3P/c1-4(7,8)2-3(5)6/h7H,2,8H2,1H3,(H,5,6). The Morgan fingerprint density at radius 3 is 2.25 bits per heavy atom. The third-order valence-corrected chi connectivity index (χ3v) is 0.713. The molecule has 0 aliphatic heterocycles. The summed E-state index contributed by atoms with van der Waals surface area (Å²) in [5, 5.41) is 15.7. The van der Waals surface area contributed by atoms with Crippen molar-refractivity contribution in [3.05, 3.63) is 0 Å². The van der Waals surface area contributed by atoms with Gasteiger partial charge in [0.25, 0.3) is 0 Å². The van der Waals surface area contributed by atoms with Gasteiger partial charge in [-0.3, -0.25) is 4.79 Å². The fourth-order valence-electron chi connectivity index (χ4n) is 0.306. The van der Waals surface area contributed by atoms with Crippen molar-refractivity contribution < 1.29 is 15.0 Å². The zero-order valence-corrected chi connectivity index (χ0v) is 5.74. The minimum Gasteiger partial charge on any atom is -0.481 e. The Balaban J connectivity index is 3.55. The zero-order valence-electron chi connectivity index (χ0n) is 4.59. The molecule has 0 spiro atoms. The summed E-state index contributed by atoms with van der Waals surface area (Å²) < 4.78 is 0. The van der Waals surface area contributed by atoms with Crippen molar-refractivity contribution in [1.29, 1.82) is 0 Å². The predicted octanol–water partition coefficient (Wildman–Crippen LogP) is 0.0447. The van der Waals surface area contributed by atoms with Crippen LogP contribution < -0.4 is 0 Å². The first kappa shape index (κ1) is 7.86. The van der Waals surface area contributed by atoms with E-state index in [2.05, 4.69) is 0 Å². The van der Waals surface area contributed by atoms with Gasteiger partial charge in [0.2, 0.25) is 0 Å². The number of carboxylic acid groups (broad SMARTS) is 1. The Labute approximate surface area is 49.9 Å². The highest BCUT2D eigenvalue weighted by Gasteiger charge is 2.16. The molecule has 0 aromatic rings. The summed E-state index contributed by atoms with van der Waals surface area (Å²) >= 11 is 0. The van der Waals surface area contributed by atoms with Crippen LogP contribution in [0.2, 0.25) is 0 Å². The minimum atomic E-state index is -1.16. The molecule has 0 aliphatic carbocycles. The van der Waals surface area contributed by atoms with Gasteiger partial charge in [-0.05, 0) is 6.92 Å². The summed E-state index contributed by atoms with van der Waals surface area (Å²) in [7, 11) is 2.03. The molecular formula is C4H9O3P. The van der Waals surface area contributed by atoms with Gasteiger partial charge in [-0.1, -0.05) is 0 Å². The molecule has 0 fully saturated rings. The highest BCUT2D eigenvalue weighted by atomic mass is 31.0. The van der Waals surface area contributed by atoms with Gasteiger partial charge >= 0.3 is 5.97 Å². The van der Waals surface area contributed by atoms with Crippen molar-refractivity contribution in [3.63, 3.8) is 0 Å². The summed E-state index contributed by atoms with van der Waals surface area (Å²) in [6, 6.07) is 0. The second kappa shape index (κ2) is 2.42. The van der Waals surface area contributed by atoms with Crippen molar-refractivity contribution in [2.75, 3.05) is 0 Å². The Hall–Kier alpha value is -0.140. The Bertz CT molecular complexity index is 93.9. The molecule has 0 aliphatic rings. The van der Waals surface area contributed by atoms with Crippen molar-refractivity contribution >= 4 is 15.2 Å². The summed E-state index contributed by atoms with van der Waals surface area (Å²) in [6.07, 6.45) is -0.238. The molecule has 2 atom stereocenters. The molecule has 8 heavy (non-hydrogen) atoms. The molecule has 0 amide bonds. The van der Waals surface area contributed by atoms with Crippen LogP contribution in [0.5, 0.6) is 0 Å². The Morgan fingerprint density at radius 1 is 1.88 bits per heavy atom. The molecule has 0 bridgehead atoms. The maximum atomic E-state index is 9.84. The van der Waals surface area contributed by atoms with Crippen molar-refractivity contribution in [1.82, 2.24) is 0 Å². The van der Waals surface area contributed by atoms with Gasteiger partial charge in [-0.2, -0.15) is 0 Å². The van der Waals surface area contributed by atoms with E-state index in [1.165, 1.54) is 6.92 Å². The molecule has 0 heterocycles. The van der Waals surface area contributed by atoms with E-state index >= 15 is 0 Å². The maximum absolute atomic E-state index is 9.84.